The van der Waals surface area contributed by atoms with E-state index in [1.807, 2.05) is 29.2 Å². The number of likely N-dealkylation sites (tertiary alicyclic amines) is 1. The molecule has 1 N–H and O–H groups in total. The molecule has 5 rings (SSSR count). The Morgan fingerprint density at radius 1 is 1.14 bits per heavy atom. The van der Waals surface area contributed by atoms with Crippen LogP contribution in [0.2, 0.25) is 0 Å². The van der Waals surface area contributed by atoms with Crippen molar-refractivity contribution in [2.75, 3.05) is 6.54 Å². The third kappa shape index (κ3) is 2.93. The molecule has 1 saturated heterocycles. The van der Waals surface area contributed by atoms with Gasteiger partial charge in [0.25, 0.3) is 0 Å². The Kier molecular flexibility index (Phi) is 4.26. The summed E-state index contributed by atoms with van der Waals surface area (Å²) in [7, 11) is 0. The molecule has 1 amide bonds. The van der Waals surface area contributed by atoms with Crippen molar-refractivity contribution in [3.8, 4) is 0 Å². The number of fused-ring (bicyclic) bond motifs is 2. The summed E-state index contributed by atoms with van der Waals surface area (Å²) in [4.78, 5) is 35.6. The number of nitrogens with zero attached hydrogens (tertiary/aromatic N) is 5. The summed E-state index contributed by atoms with van der Waals surface area (Å²) in [6.07, 6.45) is 5.77. The maximum atomic E-state index is 13.0. The molecule has 8 nitrogen and oxygen atoms in total. The number of aryl methyl sites for hydroxylation is 1. The second-order valence-corrected chi connectivity index (χ2v) is 7.70. The first-order valence-corrected chi connectivity index (χ1v) is 10.1. The van der Waals surface area contributed by atoms with E-state index in [1.165, 1.54) is 4.68 Å². The topological polar surface area (TPSA) is 88.8 Å². The molecule has 3 aromatic rings. The van der Waals surface area contributed by atoms with E-state index in [-0.39, 0.29) is 24.2 Å². The number of carbonyl (C=O) groups is 1. The lowest BCUT2D eigenvalue weighted by atomic mass is 10.2. The number of aromatic nitrogens is 5. The van der Waals surface area contributed by atoms with Crippen molar-refractivity contribution in [1.82, 2.24) is 29.2 Å². The minimum Gasteiger partial charge on any atom is -0.340 e. The number of hydrogen-bond donors (Lipinski definition) is 1. The van der Waals surface area contributed by atoms with E-state index in [1.54, 1.807) is 4.57 Å². The van der Waals surface area contributed by atoms with Crippen LogP contribution in [-0.4, -0.2) is 41.7 Å². The standard InChI is InChI=1S/C20H24N6O2/c27-18(13-26-20(28)25-11-5-1-2-10-17(25)23-26)24-12-6-9-16(24)19-21-14-7-3-4-8-15(14)22-19/h3-4,7-8,16H,1-2,5-6,9-13H2,(H,21,22). The third-order valence-corrected chi connectivity index (χ3v) is 5.86. The van der Waals surface area contributed by atoms with Crippen molar-refractivity contribution in [3.63, 3.8) is 0 Å². The summed E-state index contributed by atoms with van der Waals surface area (Å²) >= 11 is 0. The summed E-state index contributed by atoms with van der Waals surface area (Å²) in [5.74, 6) is 1.56. The lowest BCUT2D eigenvalue weighted by Crippen LogP contribution is -2.37. The smallest absolute Gasteiger partial charge is 0.340 e. The first kappa shape index (κ1) is 17.2. The van der Waals surface area contributed by atoms with Crippen molar-refractivity contribution >= 4 is 16.9 Å². The van der Waals surface area contributed by atoms with Crippen molar-refractivity contribution < 1.29 is 4.79 Å². The molecule has 146 valence electrons. The molecule has 0 aliphatic carbocycles. The minimum atomic E-state index is -0.162. The van der Waals surface area contributed by atoms with Crippen LogP contribution < -0.4 is 5.69 Å². The Morgan fingerprint density at radius 3 is 2.93 bits per heavy atom. The fraction of sp³-hybridized carbons (Fsp3) is 0.500. The Morgan fingerprint density at radius 2 is 2.04 bits per heavy atom. The fourth-order valence-electron chi connectivity index (χ4n) is 4.43. The van der Waals surface area contributed by atoms with E-state index in [9.17, 15) is 9.59 Å². The van der Waals surface area contributed by atoms with Crippen molar-refractivity contribution in [2.45, 2.75) is 57.7 Å². The van der Waals surface area contributed by atoms with Crippen LogP contribution in [0.4, 0.5) is 0 Å². The first-order chi connectivity index (χ1) is 13.7. The Hall–Kier alpha value is -2.90. The Bertz CT molecular complexity index is 1040. The first-order valence-electron chi connectivity index (χ1n) is 10.1. The van der Waals surface area contributed by atoms with Gasteiger partial charge in [0.2, 0.25) is 5.91 Å². The number of benzene rings is 1. The van der Waals surface area contributed by atoms with Crippen LogP contribution in [0.25, 0.3) is 11.0 Å². The van der Waals surface area contributed by atoms with E-state index < -0.39 is 0 Å². The highest BCUT2D eigenvalue weighted by molar-refractivity contribution is 5.78. The largest absolute Gasteiger partial charge is 0.346 e. The van der Waals surface area contributed by atoms with Crippen LogP contribution in [-0.2, 0) is 24.3 Å². The zero-order valence-corrected chi connectivity index (χ0v) is 15.8. The number of H-pyrrole nitrogens is 1. The van der Waals surface area contributed by atoms with Crippen molar-refractivity contribution in [1.29, 1.82) is 0 Å². The predicted molar refractivity (Wildman–Crippen MR) is 104 cm³/mol. The molecule has 1 fully saturated rings. The van der Waals surface area contributed by atoms with E-state index in [2.05, 4.69) is 15.1 Å². The number of amides is 1. The van der Waals surface area contributed by atoms with Crippen LogP contribution >= 0.6 is 0 Å². The molecule has 1 atom stereocenters. The second-order valence-electron chi connectivity index (χ2n) is 7.70. The highest BCUT2D eigenvalue weighted by atomic mass is 16.2. The second kappa shape index (κ2) is 6.92. The van der Waals surface area contributed by atoms with Gasteiger partial charge in [0.05, 0.1) is 17.1 Å². The molecule has 1 unspecified atom stereocenters. The van der Waals surface area contributed by atoms with Gasteiger partial charge in [-0.2, -0.15) is 5.10 Å². The third-order valence-electron chi connectivity index (χ3n) is 5.86. The quantitative estimate of drug-likeness (QED) is 0.753. The lowest BCUT2D eigenvalue weighted by molar-refractivity contribution is -0.133. The number of carbonyl (C=O) groups excluding carboxylic acids is 1. The van der Waals surface area contributed by atoms with E-state index in [0.29, 0.717) is 13.1 Å². The average molecular weight is 380 g/mol. The highest BCUT2D eigenvalue weighted by Crippen LogP contribution is 2.31. The van der Waals surface area contributed by atoms with Gasteiger partial charge >= 0.3 is 5.69 Å². The number of rotatable bonds is 3. The summed E-state index contributed by atoms with van der Waals surface area (Å²) < 4.78 is 3.08. The molecule has 2 aromatic heterocycles. The molecule has 0 spiro atoms. The SMILES string of the molecule is O=C(Cn1nc2n(c1=O)CCCCC2)N1CCCC1c1nc2ccccc2[nH]1. The van der Waals surface area contributed by atoms with E-state index >= 15 is 0 Å². The molecule has 2 aliphatic rings. The predicted octanol–water partition coefficient (Wildman–Crippen LogP) is 2.01. The van der Waals surface area contributed by atoms with Crippen LogP contribution in [0.3, 0.4) is 0 Å². The van der Waals surface area contributed by atoms with E-state index in [4.69, 9.17) is 0 Å². The Balaban J connectivity index is 1.38. The van der Waals surface area contributed by atoms with Crippen LogP contribution in [0, 0.1) is 0 Å². The summed E-state index contributed by atoms with van der Waals surface area (Å²) in [6.45, 7) is 1.38. The fourth-order valence-corrected chi connectivity index (χ4v) is 4.43. The highest BCUT2D eigenvalue weighted by Gasteiger charge is 2.32. The number of nitrogens with one attached hydrogen (secondary N) is 1. The van der Waals surface area contributed by atoms with Gasteiger partial charge in [-0.25, -0.2) is 14.5 Å². The number of hydrogen-bond acceptors (Lipinski definition) is 4. The van der Waals surface area contributed by atoms with Crippen LogP contribution in [0.5, 0.6) is 0 Å². The van der Waals surface area contributed by atoms with Gasteiger partial charge in [-0.05, 0) is 37.8 Å². The van der Waals surface area contributed by atoms with Gasteiger partial charge in [-0.3, -0.25) is 9.36 Å². The molecule has 1 aromatic carbocycles. The number of para-hydroxylation sites is 2. The number of aromatic amines is 1. The molecule has 28 heavy (non-hydrogen) atoms. The molecule has 8 heteroatoms. The zero-order chi connectivity index (χ0) is 19.1. The van der Waals surface area contributed by atoms with Gasteiger partial charge in [0.15, 0.2) is 0 Å². The molecule has 2 aliphatic heterocycles. The van der Waals surface area contributed by atoms with Crippen molar-refractivity contribution in [2.24, 2.45) is 0 Å². The maximum Gasteiger partial charge on any atom is 0.346 e. The monoisotopic (exact) mass is 380 g/mol. The molecular formula is C20H24N6O2. The number of imidazole rings is 1. The summed E-state index contributed by atoms with van der Waals surface area (Å²) in [5, 5.41) is 4.45. The lowest BCUT2D eigenvalue weighted by Gasteiger charge is -2.23. The van der Waals surface area contributed by atoms with Gasteiger partial charge in [0.1, 0.15) is 18.2 Å². The van der Waals surface area contributed by atoms with Gasteiger partial charge in [-0.1, -0.05) is 18.6 Å². The van der Waals surface area contributed by atoms with Crippen LogP contribution in [0.1, 0.15) is 49.8 Å². The van der Waals surface area contributed by atoms with Gasteiger partial charge < -0.3 is 9.88 Å². The molecule has 0 bridgehead atoms. The average Bonchev–Trinajstić information content (AvgIpc) is 3.36. The minimum absolute atomic E-state index is 0.00440. The van der Waals surface area contributed by atoms with Gasteiger partial charge in [0, 0.05) is 19.5 Å². The summed E-state index contributed by atoms with van der Waals surface area (Å²) in [6, 6.07) is 7.81. The Labute approximate surface area is 162 Å². The normalized spacial score (nSPS) is 19.7. The zero-order valence-electron chi connectivity index (χ0n) is 15.8. The van der Waals surface area contributed by atoms with Crippen LogP contribution in [0.15, 0.2) is 29.1 Å². The molecule has 0 saturated carbocycles. The molecule has 4 heterocycles. The molecule has 0 radical (unpaired) electrons. The van der Waals surface area contributed by atoms with Crippen molar-refractivity contribution in [3.05, 3.63) is 46.4 Å². The molecular weight excluding hydrogens is 356 g/mol. The van der Waals surface area contributed by atoms with Gasteiger partial charge in [-0.15, -0.1) is 0 Å². The van der Waals surface area contributed by atoms with E-state index in [0.717, 1.165) is 61.2 Å². The maximum absolute atomic E-state index is 13.0. The summed E-state index contributed by atoms with van der Waals surface area (Å²) in [5.41, 5.74) is 1.72.